The number of hydrogen-bond acceptors (Lipinski definition) is 7. The highest BCUT2D eigenvalue weighted by atomic mass is 32.2. The average Bonchev–Trinajstić information content (AvgIpc) is 3.45. The molecule has 166 valence electrons. The highest BCUT2D eigenvalue weighted by Gasteiger charge is 2.22. The molecule has 31 heavy (non-hydrogen) atoms. The topological polar surface area (TPSA) is 88.3 Å². The maximum absolute atomic E-state index is 12.5. The fourth-order valence-electron chi connectivity index (χ4n) is 3.87. The van der Waals surface area contributed by atoms with Crippen LogP contribution in [-0.4, -0.2) is 49.6 Å². The molecular formula is C22H28N4O3S2. The van der Waals surface area contributed by atoms with Crippen molar-refractivity contribution in [1.82, 2.24) is 19.8 Å². The average molecular weight is 461 g/mol. The summed E-state index contributed by atoms with van der Waals surface area (Å²) in [7, 11) is -3.46. The Morgan fingerprint density at radius 1 is 1.26 bits per heavy atom. The zero-order valence-corrected chi connectivity index (χ0v) is 19.3. The van der Waals surface area contributed by atoms with Gasteiger partial charge < -0.3 is 9.42 Å². The van der Waals surface area contributed by atoms with Crippen LogP contribution in [0.4, 0.5) is 0 Å². The van der Waals surface area contributed by atoms with Crippen LogP contribution in [0, 0.1) is 12.8 Å². The Labute approximate surface area is 187 Å². The van der Waals surface area contributed by atoms with Crippen molar-refractivity contribution in [3.8, 4) is 10.7 Å². The minimum absolute atomic E-state index is 0.322. The zero-order chi connectivity index (χ0) is 21.7. The molecule has 1 aliphatic heterocycles. The Morgan fingerprint density at radius 3 is 2.87 bits per heavy atom. The molecule has 0 spiro atoms. The number of benzene rings is 1. The Bertz CT molecular complexity index is 1060. The summed E-state index contributed by atoms with van der Waals surface area (Å²) >= 11 is 1.60. The van der Waals surface area contributed by atoms with E-state index < -0.39 is 10.0 Å². The van der Waals surface area contributed by atoms with Gasteiger partial charge in [-0.25, -0.2) is 13.1 Å². The van der Waals surface area contributed by atoms with Crippen LogP contribution in [0.1, 0.15) is 30.7 Å². The zero-order valence-electron chi connectivity index (χ0n) is 17.7. The Hall–Kier alpha value is -2.07. The van der Waals surface area contributed by atoms with Crippen LogP contribution in [-0.2, 0) is 16.4 Å². The second-order valence-electron chi connectivity index (χ2n) is 8.07. The summed E-state index contributed by atoms with van der Waals surface area (Å²) in [6.45, 7) is 5.31. The first kappa shape index (κ1) is 22.1. The molecule has 1 unspecified atom stereocenters. The van der Waals surface area contributed by atoms with Crippen LogP contribution in [0.2, 0.25) is 0 Å². The fourth-order valence-corrected chi connectivity index (χ4v) is 5.63. The van der Waals surface area contributed by atoms with E-state index in [4.69, 9.17) is 4.52 Å². The molecule has 0 saturated carbocycles. The van der Waals surface area contributed by atoms with E-state index in [0.29, 0.717) is 29.1 Å². The third-order valence-corrected chi connectivity index (χ3v) is 7.88. The molecule has 3 aromatic rings. The molecule has 3 heterocycles. The van der Waals surface area contributed by atoms with Gasteiger partial charge in [-0.2, -0.15) is 4.98 Å². The van der Waals surface area contributed by atoms with Gasteiger partial charge >= 0.3 is 0 Å². The summed E-state index contributed by atoms with van der Waals surface area (Å²) in [6.07, 6.45) is 3.81. The van der Waals surface area contributed by atoms with E-state index in [9.17, 15) is 8.42 Å². The summed E-state index contributed by atoms with van der Waals surface area (Å²) in [5.74, 6) is 1.65. The van der Waals surface area contributed by atoms with Gasteiger partial charge in [0.2, 0.25) is 21.7 Å². The van der Waals surface area contributed by atoms with Crippen LogP contribution in [0.15, 0.2) is 51.2 Å². The number of hydrogen-bond donors (Lipinski definition) is 1. The second kappa shape index (κ2) is 10.0. The third-order valence-electron chi connectivity index (χ3n) is 5.57. The van der Waals surface area contributed by atoms with E-state index in [1.165, 1.54) is 0 Å². The first-order valence-corrected chi connectivity index (χ1v) is 13.0. The molecule has 0 aliphatic carbocycles. The number of rotatable bonds is 9. The van der Waals surface area contributed by atoms with Gasteiger partial charge in [0.15, 0.2) is 0 Å². The van der Waals surface area contributed by atoms with Crippen molar-refractivity contribution in [2.24, 2.45) is 5.92 Å². The highest BCUT2D eigenvalue weighted by molar-refractivity contribution is 7.89. The van der Waals surface area contributed by atoms with Crippen molar-refractivity contribution in [3.05, 3.63) is 53.2 Å². The molecule has 2 aromatic heterocycles. The Morgan fingerprint density at radius 2 is 2.10 bits per heavy atom. The monoisotopic (exact) mass is 460 g/mol. The quantitative estimate of drug-likeness (QED) is 0.523. The third kappa shape index (κ3) is 6.00. The molecule has 1 fully saturated rings. The molecule has 4 rings (SSSR count). The van der Waals surface area contributed by atoms with Crippen molar-refractivity contribution in [2.45, 2.75) is 37.5 Å². The van der Waals surface area contributed by atoms with E-state index >= 15 is 0 Å². The predicted octanol–water partition coefficient (Wildman–Crippen LogP) is 3.73. The minimum atomic E-state index is -3.46. The SMILES string of the molecule is Cc1ccc(S(=O)(=O)NCC2CCCN(CCCc3nc(-c4cccs4)no3)C2)cc1. The lowest BCUT2D eigenvalue weighted by Gasteiger charge is -2.32. The number of aryl methyl sites for hydroxylation is 2. The van der Waals surface area contributed by atoms with Crippen LogP contribution in [0.5, 0.6) is 0 Å². The van der Waals surface area contributed by atoms with Gasteiger partial charge in [-0.1, -0.05) is 28.9 Å². The number of aromatic nitrogens is 2. The smallest absolute Gasteiger partial charge is 0.240 e. The van der Waals surface area contributed by atoms with Gasteiger partial charge in [0.25, 0.3) is 0 Å². The number of nitrogens with zero attached hydrogens (tertiary/aromatic N) is 3. The molecule has 1 N–H and O–H groups in total. The lowest BCUT2D eigenvalue weighted by molar-refractivity contribution is 0.173. The molecule has 7 nitrogen and oxygen atoms in total. The highest BCUT2D eigenvalue weighted by Crippen LogP contribution is 2.22. The van der Waals surface area contributed by atoms with Crippen molar-refractivity contribution >= 4 is 21.4 Å². The van der Waals surface area contributed by atoms with Gasteiger partial charge in [-0.15, -0.1) is 11.3 Å². The van der Waals surface area contributed by atoms with E-state index in [1.54, 1.807) is 23.5 Å². The molecule has 0 amide bonds. The minimum Gasteiger partial charge on any atom is -0.339 e. The largest absolute Gasteiger partial charge is 0.339 e. The van der Waals surface area contributed by atoms with Crippen molar-refractivity contribution in [2.75, 3.05) is 26.2 Å². The van der Waals surface area contributed by atoms with E-state index in [-0.39, 0.29) is 0 Å². The standard InChI is InChI=1S/C22H28N4O3S2/c1-17-8-10-19(11-9-17)31(27,28)23-15-18-5-2-12-26(16-18)13-3-7-21-24-22(25-29-21)20-6-4-14-30-20/h4,6,8-11,14,18,23H,2-3,5,7,12-13,15-16H2,1H3. The van der Waals surface area contributed by atoms with Gasteiger partial charge in [-0.3, -0.25) is 0 Å². The van der Waals surface area contributed by atoms with Crippen LogP contribution < -0.4 is 4.72 Å². The van der Waals surface area contributed by atoms with Gasteiger partial charge in [0.05, 0.1) is 9.77 Å². The lowest BCUT2D eigenvalue weighted by Crippen LogP contribution is -2.41. The number of thiophene rings is 1. The Kier molecular flexibility index (Phi) is 7.16. The normalized spacial score (nSPS) is 17.8. The van der Waals surface area contributed by atoms with Crippen molar-refractivity contribution < 1.29 is 12.9 Å². The Balaban J connectivity index is 1.22. The summed E-state index contributed by atoms with van der Waals surface area (Å²) in [5.41, 5.74) is 1.05. The van der Waals surface area contributed by atoms with E-state index in [2.05, 4.69) is 19.8 Å². The van der Waals surface area contributed by atoms with Gasteiger partial charge in [0, 0.05) is 19.5 Å². The number of nitrogens with one attached hydrogen (secondary N) is 1. The molecule has 1 atom stereocenters. The molecule has 1 aromatic carbocycles. The molecule has 0 bridgehead atoms. The summed E-state index contributed by atoms with van der Waals surface area (Å²) < 4.78 is 33.2. The lowest BCUT2D eigenvalue weighted by atomic mass is 9.98. The molecular weight excluding hydrogens is 432 g/mol. The number of likely N-dealkylation sites (tertiary alicyclic amines) is 1. The summed E-state index contributed by atoms with van der Waals surface area (Å²) in [6, 6.07) is 10.9. The van der Waals surface area contributed by atoms with Crippen molar-refractivity contribution in [3.63, 3.8) is 0 Å². The molecule has 1 saturated heterocycles. The molecule has 0 radical (unpaired) electrons. The van der Waals surface area contributed by atoms with Crippen LogP contribution in [0.3, 0.4) is 0 Å². The number of sulfonamides is 1. The van der Waals surface area contributed by atoms with E-state index in [0.717, 1.165) is 55.8 Å². The fraction of sp³-hybridized carbons (Fsp3) is 0.455. The predicted molar refractivity (Wildman–Crippen MR) is 121 cm³/mol. The maximum Gasteiger partial charge on any atom is 0.240 e. The van der Waals surface area contributed by atoms with E-state index in [1.807, 2.05) is 36.6 Å². The first-order chi connectivity index (χ1) is 15.0. The van der Waals surface area contributed by atoms with Crippen LogP contribution >= 0.6 is 11.3 Å². The molecule has 1 aliphatic rings. The number of piperidine rings is 1. The van der Waals surface area contributed by atoms with Gasteiger partial charge in [-0.05, 0) is 68.8 Å². The summed E-state index contributed by atoms with van der Waals surface area (Å²) in [4.78, 5) is 8.23. The first-order valence-electron chi connectivity index (χ1n) is 10.6. The second-order valence-corrected chi connectivity index (χ2v) is 10.8. The summed E-state index contributed by atoms with van der Waals surface area (Å²) in [5, 5.41) is 6.06. The van der Waals surface area contributed by atoms with Crippen molar-refractivity contribution in [1.29, 1.82) is 0 Å². The molecule has 9 heteroatoms. The maximum atomic E-state index is 12.5. The van der Waals surface area contributed by atoms with Crippen LogP contribution in [0.25, 0.3) is 10.7 Å². The van der Waals surface area contributed by atoms with Gasteiger partial charge in [0.1, 0.15) is 0 Å².